The number of likely N-dealkylation sites (N-methyl/N-ethyl adjacent to an activating group) is 1. The summed E-state index contributed by atoms with van der Waals surface area (Å²) in [6.45, 7) is 4.12. The van der Waals surface area contributed by atoms with Crippen LogP contribution in [-0.2, 0) is 10.0 Å². The molecule has 2 N–H and O–H groups in total. The number of hydrogen-bond donors (Lipinski definition) is 2. The van der Waals surface area contributed by atoms with Crippen LogP contribution in [0.4, 0.5) is 10.1 Å². The van der Waals surface area contributed by atoms with E-state index in [0.29, 0.717) is 23.7 Å². The Hall–Kier alpha value is -2.45. The summed E-state index contributed by atoms with van der Waals surface area (Å²) in [4.78, 5) is 14.6. The van der Waals surface area contributed by atoms with E-state index in [1.807, 2.05) is 0 Å². The van der Waals surface area contributed by atoms with E-state index in [4.69, 9.17) is 0 Å². The molecule has 1 saturated carbocycles. The van der Waals surface area contributed by atoms with Gasteiger partial charge in [0.15, 0.2) is 0 Å². The average molecular weight is 420 g/mol. The number of benzene rings is 2. The van der Waals surface area contributed by atoms with Crippen molar-refractivity contribution in [3.8, 4) is 0 Å². The molecule has 0 spiro atoms. The van der Waals surface area contributed by atoms with Crippen molar-refractivity contribution in [1.82, 2.24) is 10.2 Å². The molecule has 0 heterocycles. The summed E-state index contributed by atoms with van der Waals surface area (Å²) in [6.07, 6.45) is 2.39. The highest BCUT2D eigenvalue weighted by Crippen LogP contribution is 2.26. The van der Waals surface area contributed by atoms with Gasteiger partial charge in [-0.1, -0.05) is 12.1 Å². The summed E-state index contributed by atoms with van der Waals surface area (Å²) in [5.74, 6) is -0.866. The Balaban J connectivity index is 1.66. The smallest absolute Gasteiger partial charge is 0.261 e. The summed E-state index contributed by atoms with van der Waals surface area (Å²) >= 11 is 0. The number of carbonyl (C=O) groups excluding carboxylic acids is 1. The fourth-order valence-corrected chi connectivity index (χ4v) is 4.07. The Labute approximate surface area is 171 Å². The van der Waals surface area contributed by atoms with Gasteiger partial charge in [-0.3, -0.25) is 14.4 Å². The highest BCUT2D eigenvalue weighted by atomic mass is 32.2. The predicted octanol–water partition coefficient (Wildman–Crippen LogP) is 3.15. The quantitative estimate of drug-likeness (QED) is 0.689. The van der Waals surface area contributed by atoms with Crippen LogP contribution in [0.15, 0.2) is 47.4 Å². The lowest BCUT2D eigenvalue weighted by Gasteiger charge is -2.24. The van der Waals surface area contributed by atoms with Crippen LogP contribution < -0.4 is 10.0 Å². The van der Waals surface area contributed by atoms with Crippen LogP contribution in [0.2, 0.25) is 0 Å². The first-order chi connectivity index (χ1) is 13.7. The highest BCUT2D eigenvalue weighted by molar-refractivity contribution is 7.92. The van der Waals surface area contributed by atoms with Crippen LogP contribution in [0.5, 0.6) is 0 Å². The van der Waals surface area contributed by atoms with Gasteiger partial charge in [0, 0.05) is 29.9 Å². The van der Waals surface area contributed by atoms with Crippen LogP contribution in [0.1, 0.15) is 35.7 Å². The third-order valence-corrected chi connectivity index (χ3v) is 6.59. The second-order valence-electron chi connectivity index (χ2n) is 7.55. The maximum absolute atomic E-state index is 13.7. The fraction of sp³-hybridized carbons (Fsp3) is 0.381. The first-order valence-electron chi connectivity index (χ1n) is 9.56. The zero-order valence-corrected chi connectivity index (χ0v) is 17.6. The fourth-order valence-electron chi connectivity index (χ4n) is 3.01. The monoisotopic (exact) mass is 419 g/mol. The molecule has 1 aliphatic carbocycles. The number of rotatable bonds is 8. The third kappa shape index (κ3) is 5.33. The number of amides is 1. The molecule has 0 radical (unpaired) electrons. The number of carbonyl (C=O) groups is 1. The predicted molar refractivity (Wildman–Crippen MR) is 111 cm³/mol. The summed E-state index contributed by atoms with van der Waals surface area (Å²) < 4.78 is 41.2. The number of nitrogens with one attached hydrogen (secondary N) is 2. The minimum atomic E-state index is -3.96. The number of aryl methyl sites for hydroxylation is 1. The molecule has 1 amide bonds. The van der Waals surface area contributed by atoms with Crippen LogP contribution >= 0.6 is 0 Å². The molecule has 8 heteroatoms. The molecule has 1 aliphatic rings. The van der Waals surface area contributed by atoms with E-state index in [0.717, 1.165) is 6.07 Å². The number of halogens is 1. The van der Waals surface area contributed by atoms with E-state index in [9.17, 15) is 17.6 Å². The number of anilines is 1. The molecule has 0 aliphatic heterocycles. The maximum atomic E-state index is 13.7. The minimum absolute atomic E-state index is 0.174. The molecule has 29 heavy (non-hydrogen) atoms. The Bertz CT molecular complexity index is 1010. The first-order valence-corrected chi connectivity index (χ1v) is 11.0. The lowest BCUT2D eigenvalue weighted by atomic mass is 10.2. The number of sulfonamides is 1. The number of nitrogens with zero attached hydrogens (tertiary/aromatic N) is 1. The van der Waals surface area contributed by atoms with E-state index in [2.05, 4.69) is 28.9 Å². The van der Waals surface area contributed by atoms with Crippen molar-refractivity contribution in [2.45, 2.75) is 43.7 Å². The van der Waals surface area contributed by atoms with Gasteiger partial charge in [-0.25, -0.2) is 12.8 Å². The van der Waals surface area contributed by atoms with E-state index in [-0.39, 0.29) is 22.5 Å². The lowest BCUT2D eigenvalue weighted by Crippen LogP contribution is -2.41. The largest absolute Gasteiger partial charge is 0.350 e. The third-order valence-electron chi connectivity index (χ3n) is 5.21. The van der Waals surface area contributed by atoms with Crippen molar-refractivity contribution in [1.29, 1.82) is 0 Å². The van der Waals surface area contributed by atoms with E-state index < -0.39 is 15.8 Å². The van der Waals surface area contributed by atoms with Crippen molar-refractivity contribution in [2.24, 2.45) is 0 Å². The van der Waals surface area contributed by atoms with Gasteiger partial charge in [0.1, 0.15) is 5.82 Å². The summed E-state index contributed by atoms with van der Waals surface area (Å²) in [7, 11) is -1.91. The average Bonchev–Trinajstić information content (AvgIpc) is 3.52. The van der Waals surface area contributed by atoms with E-state index in [1.165, 1.54) is 31.0 Å². The summed E-state index contributed by atoms with van der Waals surface area (Å²) in [6, 6.07) is 10.8. The van der Waals surface area contributed by atoms with Crippen molar-refractivity contribution in [3.05, 3.63) is 59.4 Å². The molecule has 1 fully saturated rings. The van der Waals surface area contributed by atoms with Gasteiger partial charge in [0.05, 0.1) is 4.90 Å². The van der Waals surface area contributed by atoms with Gasteiger partial charge in [0.2, 0.25) is 0 Å². The topological polar surface area (TPSA) is 78.5 Å². The van der Waals surface area contributed by atoms with Crippen molar-refractivity contribution >= 4 is 21.6 Å². The van der Waals surface area contributed by atoms with Gasteiger partial charge in [-0.15, -0.1) is 0 Å². The Kier molecular flexibility index (Phi) is 6.24. The summed E-state index contributed by atoms with van der Waals surface area (Å²) in [5.41, 5.74) is 0.951. The SMILES string of the molecule is Cc1ccc(S(=O)(=O)Nc2cccc(C(=O)NCC(C)N(C)C3CC3)c2)cc1F. The van der Waals surface area contributed by atoms with Crippen LogP contribution in [-0.4, -0.2) is 44.9 Å². The molecule has 2 aromatic rings. The molecule has 1 atom stereocenters. The molecule has 2 aromatic carbocycles. The molecule has 156 valence electrons. The van der Waals surface area contributed by atoms with E-state index >= 15 is 0 Å². The number of hydrogen-bond acceptors (Lipinski definition) is 4. The van der Waals surface area contributed by atoms with Crippen molar-refractivity contribution in [2.75, 3.05) is 18.3 Å². The van der Waals surface area contributed by atoms with Gasteiger partial charge in [-0.05, 0) is 69.6 Å². The van der Waals surface area contributed by atoms with Crippen LogP contribution in [0, 0.1) is 12.7 Å². The first kappa shape index (κ1) is 21.3. The Morgan fingerprint density at radius 1 is 1.24 bits per heavy atom. The standard InChI is InChI=1S/C21H26FN3O3S/c1-14-7-10-19(12-20(14)22)29(27,28)24-17-6-4-5-16(11-17)21(26)23-13-15(2)25(3)18-8-9-18/h4-7,10-12,15,18,24H,8-9,13H2,1-3H3,(H,23,26). The highest BCUT2D eigenvalue weighted by Gasteiger charge is 2.29. The zero-order chi connectivity index (χ0) is 21.2. The molecular formula is C21H26FN3O3S. The Morgan fingerprint density at radius 2 is 1.97 bits per heavy atom. The minimum Gasteiger partial charge on any atom is -0.350 e. The molecule has 0 aromatic heterocycles. The molecule has 3 rings (SSSR count). The second kappa shape index (κ2) is 8.51. The van der Waals surface area contributed by atoms with Gasteiger partial charge in [0.25, 0.3) is 15.9 Å². The molecule has 6 nitrogen and oxygen atoms in total. The molecular weight excluding hydrogens is 393 g/mol. The lowest BCUT2D eigenvalue weighted by molar-refractivity contribution is 0.0939. The maximum Gasteiger partial charge on any atom is 0.261 e. The molecule has 1 unspecified atom stereocenters. The van der Waals surface area contributed by atoms with Gasteiger partial charge >= 0.3 is 0 Å². The molecule has 0 bridgehead atoms. The molecule has 0 saturated heterocycles. The van der Waals surface area contributed by atoms with Gasteiger partial charge < -0.3 is 5.32 Å². The van der Waals surface area contributed by atoms with Crippen molar-refractivity contribution < 1.29 is 17.6 Å². The summed E-state index contributed by atoms with van der Waals surface area (Å²) in [5, 5.41) is 2.89. The van der Waals surface area contributed by atoms with Crippen molar-refractivity contribution in [3.63, 3.8) is 0 Å². The van der Waals surface area contributed by atoms with Crippen LogP contribution in [0.25, 0.3) is 0 Å². The second-order valence-corrected chi connectivity index (χ2v) is 9.24. The zero-order valence-electron chi connectivity index (χ0n) is 16.8. The van der Waals surface area contributed by atoms with Gasteiger partial charge in [-0.2, -0.15) is 0 Å². The van der Waals surface area contributed by atoms with E-state index in [1.54, 1.807) is 25.1 Å². The Morgan fingerprint density at radius 3 is 2.62 bits per heavy atom. The normalized spacial score (nSPS) is 15.2. The van der Waals surface area contributed by atoms with Crippen LogP contribution in [0.3, 0.4) is 0 Å².